The summed E-state index contributed by atoms with van der Waals surface area (Å²) in [6.45, 7) is 9.90. The summed E-state index contributed by atoms with van der Waals surface area (Å²) in [6.07, 6.45) is 1.10. The molecule has 0 unspecified atom stereocenters. The highest BCUT2D eigenvalue weighted by atomic mass is 28.4. The maximum absolute atomic E-state index is 10.0. The minimum absolute atomic E-state index is 0.00587. The maximum atomic E-state index is 10.0. The molecule has 0 aliphatic rings. The van der Waals surface area contributed by atoms with Gasteiger partial charge in [0.05, 0.1) is 5.76 Å². The third-order valence-electron chi connectivity index (χ3n) is 1.25. The van der Waals surface area contributed by atoms with Crippen molar-refractivity contribution in [3.8, 4) is 0 Å². The summed E-state index contributed by atoms with van der Waals surface area (Å²) in [6, 6.07) is 0. The zero-order valence-electron chi connectivity index (χ0n) is 8.50. The number of allylic oxidation sites excluding steroid dienone is 1. The second-order valence-corrected chi connectivity index (χ2v) is 8.34. The van der Waals surface area contributed by atoms with Crippen molar-refractivity contribution in [2.75, 3.05) is 6.54 Å². The monoisotopic (exact) mass is 203 g/mol. The molecular weight excluding hydrogens is 186 g/mol. The highest BCUT2D eigenvalue weighted by Crippen LogP contribution is 2.12. The molecule has 0 N–H and O–H groups in total. The van der Waals surface area contributed by atoms with Gasteiger partial charge in [0.15, 0.2) is 0 Å². The lowest BCUT2D eigenvalue weighted by Gasteiger charge is -2.20. The average Bonchev–Trinajstić information content (AvgIpc) is 1.81. The third kappa shape index (κ3) is 9.07. The second-order valence-electron chi connectivity index (χ2n) is 3.91. The molecule has 76 valence electrons. The molecule has 0 aliphatic carbocycles. The first-order valence-electron chi connectivity index (χ1n) is 4.30. The molecule has 13 heavy (non-hydrogen) atoms. The largest absolute Gasteiger partial charge is 0.548 e. The van der Waals surface area contributed by atoms with Crippen LogP contribution in [0.4, 0.5) is 0 Å². The van der Waals surface area contributed by atoms with Gasteiger partial charge in [-0.2, -0.15) is 0 Å². The standard InChI is InChI=1S/C8H17NO3Si/c1-8(12-13(2,3)4)6-5-7-9(10)11/h1,5-7H2,2-4H3. The molecule has 0 bridgehead atoms. The SMILES string of the molecule is C=C(CCC[N+](=O)[O-])O[Si](C)(C)C. The van der Waals surface area contributed by atoms with E-state index in [-0.39, 0.29) is 11.5 Å². The van der Waals surface area contributed by atoms with E-state index in [0.717, 1.165) is 0 Å². The second kappa shape index (κ2) is 5.01. The molecule has 0 atom stereocenters. The van der Waals surface area contributed by atoms with Gasteiger partial charge < -0.3 is 4.43 Å². The summed E-state index contributed by atoms with van der Waals surface area (Å²) < 4.78 is 5.54. The molecule has 0 heterocycles. The Hall–Kier alpha value is -0.843. The molecule has 5 heteroatoms. The lowest BCUT2D eigenvalue weighted by Crippen LogP contribution is -2.24. The fourth-order valence-electron chi connectivity index (χ4n) is 0.889. The van der Waals surface area contributed by atoms with Gasteiger partial charge in [-0.25, -0.2) is 0 Å². The predicted molar refractivity (Wildman–Crippen MR) is 54.7 cm³/mol. The highest BCUT2D eigenvalue weighted by Gasteiger charge is 2.16. The molecule has 0 saturated heterocycles. The Labute approximate surface area is 79.9 Å². The van der Waals surface area contributed by atoms with Crippen molar-refractivity contribution in [3.05, 3.63) is 22.5 Å². The van der Waals surface area contributed by atoms with Gasteiger partial charge in [-0.05, 0) is 19.6 Å². The van der Waals surface area contributed by atoms with E-state index in [2.05, 4.69) is 26.2 Å². The number of hydrogen-bond acceptors (Lipinski definition) is 3. The van der Waals surface area contributed by atoms with Gasteiger partial charge in [0.25, 0.3) is 0 Å². The van der Waals surface area contributed by atoms with E-state index in [0.29, 0.717) is 18.6 Å². The van der Waals surface area contributed by atoms with Crippen LogP contribution in [0.15, 0.2) is 12.3 Å². The van der Waals surface area contributed by atoms with E-state index in [4.69, 9.17) is 4.43 Å². The fraction of sp³-hybridized carbons (Fsp3) is 0.750. The van der Waals surface area contributed by atoms with Gasteiger partial charge in [0.1, 0.15) is 0 Å². The van der Waals surface area contributed by atoms with Crippen molar-refractivity contribution in [1.29, 1.82) is 0 Å². The van der Waals surface area contributed by atoms with E-state index in [1.807, 2.05) is 0 Å². The number of nitro groups is 1. The van der Waals surface area contributed by atoms with Crippen LogP contribution in [-0.2, 0) is 4.43 Å². The van der Waals surface area contributed by atoms with Crippen molar-refractivity contribution < 1.29 is 9.35 Å². The average molecular weight is 203 g/mol. The van der Waals surface area contributed by atoms with Gasteiger partial charge in [-0.1, -0.05) is 6.58 Å². The van der Waals surface area contributed by atoms with Crippen LogP contribution in [0.5, 0.6) is 0 Å². The van der Waals surface area contributed by atoms with Crippen molar-refractivity contribution >= 4 is 8.32 Å². The molecule has 0 aromatic rings. The van der Waals surface area contributed by atoms with Crippen LogP contribution in [0.1, 0.15) is 12.8 Å². The van der Waals surface area contributed by atoms with Gasteiger partial charge in [0, 0.05) is 17.8 Å². The van der Waals surface area contributed by atoms with Gasteiger partial charge >= 0.3 is 0 Å². The van der Waals surface area contributed by atoms with E-state index < -0.39 is 8.32 Å². The molecular formula is C8H17NO3Si. The number of hydrogen-bond donors (Lipinski definition) is 0. The number of rotatable bonds is 6. The third-order valence-corrected chi connectivity index (χ3v) is 2.15. The van der Waals surface area contributed by atoms with Crippen molar-refractivity contribution in [3.63, 3.8) is 0 Å². The van der Waals surface area contributed by atoms with E-state index in [1.165, 1.54) is 0 Å². The van der Waals surface area contributed by atoms with Crippen LogP contribution in [0, 0.1) is 10.1 Å². The summed E-state index contributed by atoms with van der Waals surface area (Å²) in [5, 5.41) is 10.0. The summed E-state index contributed by atoms with van der Waals surface area (Å²) >= 11 is 0. The molecule has 0 fully saturated rings. The highest BCUT2D eigenvalue weighted by molar-refractivity contribution is 6.70. The van der Waals surface area contributed by atoms with Crippen molar-refractivity contribution in [2.45, 2.75) is 32.5 Å². The first kappa shape index (κ1) is 12.2. The first-order chi connectivity index (χ1) is 5.81. The molecule has 0 aromatic heterocycles. The van der Waals surface area contributed by atoms with Gasteiger partial charge in [0.2, 0.25) is 14.9 Å². The zero-order chi connectivity index (χ0) is 10.5. The maximum Gasteiger partial charge on any atom is 0.241 e. The Morgan fingerprint density at radius 1 is 1.54 bits per heavy atom. The lowest BCUT2D eigenvalue weighted by molar-refractivity contribution is -0.480. The quantitative estimate of drug-likeness (QED) is 0.288. The number of nitrogens with zero attached hydrogens (tertiary/aromatic N) is 1. The zero-order valence-corrected chi connectivity index (χ0v) is 9.50. The normalized spacial score (nSPS) is 11.0. The minimum atomic E-state index is -1.57. The Bertz CT molecular complexity index is 198. The lowest BCUT2D eigenvalue weighted by atomic mass is 10.3. The van der Waals surface area contributed by atoms with Crippen LogP contribution in [0.25, 0.3) is 0 Å². The summed E-state index contributed by atoms with van der Waals surface area (Å²) in [7, 11) is -1.57. The smallest absolute Gasteiger partial charge is 0.241 e. The Morgan fingerprint density at radius 2 is 2.08 bits per heavy atom. The van der Waals surface area contributed by atoms with Crippen molar-refractivity contribution in [2.24, 2.45) is 0 Å². The first-order valence-corrected chi connectivity index (χ1v) is 7.70. The Morgan fingerprint density at radius 3 is 2.46 bits per heavy atom. The fourth-order valence-corrected chi connectivity index (χ4v) is 1.86. The van der Waals surface area contributed by atoms with Crippen LogP contribution in [0.3, 0.4) is 0 Å². The van der Waals surface area contributed by atoms with Gasteiger partial charge in [-0.15, -0.1) is 0 Å². The summed E-state index contributed by atoms with van der Waals surface area (Å²) in [5.74, 6) is 0.681. The molecule has 0 aliphatic heterocycles. The Kier molecular flexibility index (Phi) is 4.69. The molecule has 0 aromatic carbocycles. The van der Waals surface area contributed by atoms with Crippen molar-refractivity contribution in [1.82, 2.24) is 0 Å². The molecule has 0 radical (unpaired) electrons. The summed E-state index contributed by atoms with van der Waals surface area (Å²) in [5.41, 5.74) is 0. The minimum Gasteiger partial charge on any atom is -0.548 e. The predicted octanol–water partition coefficient (Wildman–Crippen LogP) is 2.41. The molecule has 4 nitrogen and oxygen atoms in total. The van der Waals surface area contributed by atoms with Crippen LogP contribution in [-0.4, -0.2) is 19.8 Å². The molecule has 0 saturated carbocycles. The van der Waals surface area contributed by atoms with Crippen LogP contribution >= 0.6 is 0 Å². The molecule has 0 rings (SSSR count). The van der Waals surface area contributed by atoms with Gasteiger partial charge in [-0.3, -0.25) is 10.1 Å². The van der Waals surface area contributed by atoms with E-state index in [1.54, 1.807) is 0 Å². The van der Waals surface area contributed by atoms with Crippen LogP contribution < -0.4 is 0 Å². The molecule has 0 spiro atoms. The van der Waals surface area contributed by atoms with E-state index in [9.17, 15) is 10.1 Å². The van der Waals surface area contributed by atoms with Crippen LogP contribution in [0.2, 0.25) is 19.6 Å². The molecule has 0 amide bonds. The van der Waals surface area contributed by atoms with E-state index >= 15 is 0 Å². The Balaban J connectivity index is 3.59. The summed E-state index contributed by atoms with van der Waals surface area (Å²) in [4.78, 5) is 9.69. The topological polar surface area (TPSA) is 52.4 Å².